The molecule has 0 amide bonds. The summed E-state index contributed by atoms with van der Waals surface area (Å²) in [5.74, 6) is -0.422. The first-order valence-corrected chi connectivity index (χ1v) is 5.05. The number of carbonyl (C=O) groups excluding carboxylic acids is 1. The summed E-state index contributed by atoms with van der Waals surface area (Å²) in [7, 11) is 0. The molecular formula is C13H19NO2. The van der Waals surface area contributed by atoms with Gasteiger partial charge in [-0.25, -0.2) is 4.79 Å². The number of hydrogen-bond donors (Lipinski definition) is 1. The molecule has 16 heavy (non-hydrogen) atoms. The van der Waals surface area contributed by atoms with E-state index in [1.807, 2.05) is 0 Å². The SMILES string of the molecule is C=CCC(N)=CC(CC=C)OC(=O)C(=C)C. The number of nitrogens with two attached hydrogens (primary N) is 1. The minimum atomic E-state index is -0.422. The van der Waals surface area contributed by atoms with Crippen molar-refractivity contribution in [1.82, 2.24) is 0 Å². The van der Waals surface area contributed by atoms with Gasteiger partial charge in [0, 0.05) is 24.1 Å². The number of ether oxygens (including phenoxy) is 1. The van der Waals surface area contributed by atoms with Gasteiger partial charge in [-0.1, -0.05) is 18.7 Å². The van der Waals surface area contributed by atoms with Gasteiger partial charge in [-0.15, -0.1) is 13.2 Å². The first-order chi connectivity index (χ1) is 7.51. The van der Waals surface area contributed by atoms with Gasteiger partial charge in [0.2, 0.25) is 0 Å². The summed E-state index contributed by atoms with van der Waals surface area (Å²) in [6.07, 6.45) is 5.77. The van der Waals surface area contributed by atoms with E-state index in [9.17, 15) is 4.79 Å². The Morgan fingerprint density at radius 2 is 2.06 bits per heavy atom. The summed E-state index contributed by atoms with van der Waals surface area (Å²) in [4.78, 5) is 11.3. The van der Waals surface area contributed by atoms with Crippen LogP contribution in [-0.2, 0) is 9.53 Å². The van der Waals surface area contributed by atoms with Gasteiger partial charge in [0.1, 0.15) is 6.10 Å². The molecule has 0 radical (unpaired) electrons. The molecule has 0 saturated carbocycles. The summed E-state index contributed by atoms with van der Waals surface area (Å²) < 4.78 is 5.17. The molecule has 0 aliphatic rings. The summed E-state index contributed by atoms with van der Waals surface area (Å²) in [6, 6.07) is 0. The lowest BCUT2D eigenvalue weighted by molar-refractivity contribution is -0.141. The van der Waals surface area contributed by atoms with Crippen molar-refractivity contribution in [2.24, 2.45) is 5.73 Å². The van der Waals surface area contributed by atoms with E-state index in [0.717, 1.165) is 0 Å². The molecule has 0 saturated heterocycles. The zero-order valence-electron chi connectivity index (χ0n) is 9.74. The number of carbonyl (C=O) groups is 1. The van der Waals surface area contributed by atoms with E-state index in [-0.39, 0.29) is 6.10 Å². The van der Waals surface area contributed by atoms with Crippen LogP contribution in [0.15, 0.2) is 49.2 Å². The van der Waals surface area contributed by atoms with Crippen molar-refractivity contribution >= 4 is 5.97 Å². The predicted molar refractivity (Wildman–Crippen MR) is 66.6 cm³/mol. The second kappa shape index (κ2) is 7.51. The van der Waals surface area contributed by atoms with E-state index in [1.54, 1.807) is 25.2 Å². The molecule has 0 aromatic rings. The Labute approximate surface area is 97.0 Å². The second-order valence-corrected chi connectivity index (χ2v) is 3.48. The van der Waals surface area contributed by atoms with Crippen LogP contribution in [-0.4, -0.2) is 12.1 Å². The molecule has 1 unspecified atom stereocenters. The van der Waals surface area contributed by atoms with E-state index in [1.165, 1.54) is 0 Å². The fraction of sp³-hybridized carbons (Fsp3) is 0.308. The lowest BCUT2D eigenvalue weighted by Crippen LogP contribution is -2.17. The molecule has 3 nitrogen and oxygen atoms in total. The third-order valence-corrected chi connectivity index (χ3v) is 1.79. The lowest BCUT2D eigenvalue weighted by atomic mass is 10.2. The molecule has 0 aliphatic carbocycles. The van der Waals surface area contributed by atoms with Gasteiger partial charge in [0.05, 0.1) is 0 Å². The number of esters is 1. The Morgan fingerprint density at radius 3 is 2.50 bits per heavy atom. The molecular weight excluding hydrogens is 202 g/mol. The van der Waals surface area contributed by atoms with Gasteiger partial charge in [-0.3, -0.25) is 0 Å². The molecule has 2 N–H and O–H groups in total. The molecule has 0 rings (SSSR count). The Morgan fingerprint density at radius 1 is 1.44 bits per heavy atom. The number of allylic oxidation sites excluding steroid dienone is 1. The van der Waals surface area contributed by atoms with Crippen LogP contribution in [0, 0.1) is 0 Å². The molecule has 0 bridgehead atoms. The molecule has 0 aliphatic heterocycles. The Kier molecular flexibility index (Phi) is 6.68. The summed E-state index contributed by atoms with van der Waals surface area (Å²) in [6.45, 7) is 12.3. The van der Waals surface area contributed by atoms with Crippen LogP contribution in [0.5, 0.6) is 0 Å². The smallest absolute Gasteiger partial charge is 0.333 e. The van der Waals surface area contributed by atoms with Crippen LogP contribution < -0.4 is 5.73 Å². The van der Waals surface area contributed by atoms with Crippen molar-refractivity contribution in [3.8, 4) is 0 Å². The zero-order chi connectivity index (χ0) is 12.6. The zero-order valence-corrected chi connectivity index (χ0v) is 9.74. The monoisotopic (exact) mass is 221 g/mol. The molecule has 0 spiro atoms. The highest BCUT2D eigenvalue weighted by Crippen LogP contribution is 2.08. The Balaban J connectivity index is 4.54. The minimum Gasteiger partial charge on any atom is -0.454 e. The first kappa shape index (κ1) is 14.2. The van der Waals surface area contributed by atoms with Crippen LogP contribution in [0.25, 0.3) is 0 Å². The molecule has 3 heteroatoms. The van der Waals surface area contributed by atoms with Crippen molar-refractivity contribution in [3.05, 3.63) is 49.2 Å². The van der Waals surface area contributed by atoms with E-state index >= 15 is 0 Å². The normalized spacial score (nSPS) is 12.7. The maximum absolute atomic E-state index is 11.3. The summed E-state index contributed by atoms with van der Waals surface area (Å²) >= 11 is 0. The van der Waals surface area contributed by atoms with Gasteiger partial charge in [-0.2, -0.15) is 0 Å². The quantitative estimate of drug-likeness (QED) is 0.408. The van der Waals surface area contributed by atoms with Crippen LogP contribution in [0.4, 0.5) is 0 Å². The highest BCUT2D eigenvalue weighted by molar-refractivity contribution is 5.87. The van der Waals surface area contributed by atoms with Crippen LogP contribution in [0.3, 0.4) is 0 Å². The number of rotatable bonds is 7. The molecule has 1 atom stereocenters. The third-order valence-electron chi connectivity index (χ3n) is 1.79. The van der Waals surface area contributed by atoms with Gasteiger partial charge in [-0.05, 0) is 13.0 Å². The van der Waals surface area contributed by atoms with Crippen molar-refractivity contribution in [1.29, 1.82) is 0 Å². The molecule has 88 valence electrons. The van der Waals surface area contributed by atoms with E-state index in [4.69, 9.17) is 10.5 Å². The second-order valence-electron chi connectivity index (χ2n) is 3.48. The van der Waals surface area contributed by atoms with Crippen molar-refractivity contribution in [3.63, 3.8) is 0 Å². The average molecular weight is 221 g/mol. The van der Waals surface area contributed by atoms with Crippen molar-refractivity contribution in [2.45, 2.75) is 25.9 Å². The number of hydrogen-bond acceptors (Lipinski definition) is 3. The largest absolute Gasteiger partial charge is 0.454 e. The van der Waals surface area contributed by atoms with E-state index in [2.05, 4.69) is 19.7 Å². The predicted octanol–water partition coefficient (Wildman–Crippen LogP) is 2.47. The van der Waals surface area contributed by atoms with Gasteiger partial charge in [0.25, 0.3) is 0 Å². The maximum Gasteiger partial charge on any atom is 0.333 e. The summed E-state index contributed by atoms with van der Waals surface area (Å²) in [5.41, 5.74) is 6.70. The molecule has 0 heterocycles. The topological polar surface area (TPSA) is 52.3 Å². The van der Waals surface area contributed by atoms with Crippen LogP contribution in [0.1, 0.15) is 19.8 Å². The maximum atomic E-state index is 11.3. The van der Waals surface area contributed by atoms with Gasteiger partial charge >= 0.3 is 5.97 Å². The van der Waals surface area contributed by atoms with Crippen molar-refractivity contribution < 1.29 is 9.53 Å². The summed E-state index contributed by atoms with van der Waals surface area (Å²) in [5, 5.41) is 0. The average Bonchev–Trinajstić information content (AvgIpc) is 2.17. The van der Waals surface area contributed by atoms with Crippen molar-refractivity contribution in [2.75, 3.05) is 0 Å². The van der Waals surface area contributed by atoms with Gasteiger partial charge in [0.15, 0.2) is 0 Å². The molecule has 0 aromatic carbocycles. The first-order valence-electron chi connectivity index (χ1n) is 5.05. The lowest BCUT2D eigenvalue weighted by Gasteiger charge is -2.13. The highest BCUT2D eigenvalue weighted by Gasteiger charge is 2.11. The molecule has 0 fully saturated rings. The van der Waals surface area contributed by atoms with Gasteiger partial charge < -0.3 is 10.5 Å². The standard InChI is InChI=1S/C13H19NO2/c1-5-7-11(14)9-12(8-6-2)16-13(15)10(3)4/h5-6,9,12H,1-3,7-8,14H2,4H3. The molecule has 0 aromatic heterocycles. The Bertz CT molecular complexity index is 316. The fourth-order valence-electron chi connectivity index (χ4n) is 1.03. The third kappa shape index (κ3) is 5.86. The highest BCUT2D eigenvalue weighted by atomic mass is 16.5. The Hall–Kier alpha value is -1.77. The minimum absolute atomic E-state index is 0.366. The fourth-order valence-corrected chi connectivity index (χ4v) is 1.03. The van der Waals surface area contributed by atoms with Crippen LogP contribution >= 0.6 is 0 Å². The van der Waals surface area contributed by atoms with E-state index in [0.29, 0.717) is 24.1 Å². The van der Waals surface area contributed by atoms with E-state index < -0.39 is 5.97 Å². The van der Waals surface area contributed by atoms with Crippen LogP contribution in [0.2, 0.25) is 0 Å².